The second-order valence-electron chi connectivity index (χ2n) is 5.80. The molecule has 1 unspecified atom stereocenters. The number of rotatable bonds is 4. The van der Waals surface area contributed by atoms with Crippen LogP contribution in [0, 0.1) is 13.8 Å². The van der Waals surface area contributed by atoms with Crippen LogP contribution in [0.15, 0.2) is 48.5 Å². The summed E-state index contributed by atoms with van der Waals surface area (Å²) in [6.45, 7) is 7.18. The normalized spacial score (nSPS) is 14.1. The minimum absolute atomic E-state index is 0.000185. The highest BCUT2D eigenvalue weighted by molar-refractivity contribution is 5.33. The third-order valence-corrected chi connectivity index (χ3v) is 3.84. The van der Waals surface area contributed by atoms with Gasteiger partial charge in [0.2, 0.25) is 0 Å². The van der Waals surface area contributed by atoms with Crippen LogP contribution < -0.4 is 5.73 Å². The maximum absolute atomic E-state index is 6.08. The van der Waals surface area contributed by atoms with E-state index in [2.05, 4.69) is 69.3 Å². The molecule has 100 valence electrons. The molecular formula is C18H23N. The van der Waals surface area contributed by atoms with Gasteiger partial charge in [-0.15, -0.1) is 0 Å². The molecule has 0 bridgehead atoms. The molecule has 0 aliphatic rings. The fraction of sp³-hybridized carbons (Fsp3) is 0.333. The molecule has 19 heavy (non-hydrogen) atoms. The first-order valence-corrected chi connectivity index (χ1v) is 6.86. The van der Waals surface area contributed by atoms with E-state index < -0.39 is 0 Å². The van der Waals surface area contributed by atoms with Crippen molar-refractivity contribution in [2.75, 3.05) is 6.54 Å². The van der Waals surface area contributed by atoms with Gasteiger partial charge in [-0.3, -0.25) is 0 Å². The highest BCUT2D eigenvalue weighted by Crippen LogP contribution is 2.28. The van der Waals surface area contributed by atoms with Gasteiger partial charge in [0.05, 0.1) is 0 Å². The van der Waals surface area contributed by atoms with Crippen molar-refractivity contribution in [3.05, 3.63) is 70.8 Å². The van der Waals surface area contributed by atoms with Crippen molar-refractivity contribution in [1.29, 1.82) is 0 Å². The second kappa shape index (κ2) is 5.58. The van der Waals surface area contributed by atoms with Gasteiger partial charge in [-0.1, -0.05) is 66.6 Å². The van der Waals surface area contributed by atoms with Crippen molar-refractivity contribution in [3.63, 3.8) is 0 Å². The number of hydrogen-bond acceptors (Lipinski definition) is 1. The molecule has 0 amide bonds. The third kappa shape index (κ3) is 3.24. The van der Waals surface area contributed by atoms with Crippen molar-refractivity contribution in [2.45, 2.75) is 32.6 Å². The van der Waals surface area contributed by atoms with E-state index in [1.54, 1.807) is 0 Å². The Bertz CT molecular complexity index is 559. The zero-order valence-electron chi connectivity index (χ0n) is 12.1. The molecule has 0 saturated heterocycles. The summed E-state index contributed by atoms with van der Waals surface area (Å²) in [7, 11) is 0. The van der Waals surface area contributed by atoms with Crippen LogP contribution in [-0.2, 0) is 11.8 Å². The molecule has 1 nitrogen and oxygen atoms in total. The van der Waals surface area contributed by atoms with Gasteiger partial charge in [0.15, 0.2) is 0 Å². The molecule has 0 aliphatic carbocycles. The van der Waals surface area contributed by atoms with Crippen LogP contribution in [0.5, 0.6) is 0 Å². The van der Waals surface area contributed by atoms with E-state index in [-0.39, 0.29) is 5.41 Å². The molecule has 0 saturated carbocycles. The van der Waals surface area contributed by atoms with Crippen molar-refractivity contribution < 1.29 is 0 Å². The van der Waals surface area contributed by atoms with Crippen LogP contribution in [0.4, 0.5) is 0 Å². The number of benzene rings is 2. The largest absolute Gasteiger partial charge is 0.330 e. The summed E-state index contributed by atoms with van der Waals surface area (Å²) < 4.78 is 0. The topological polar surface area (TPSA) is 26.0 Å². The van der Waals surface area contributed by atoms with Crippen molar-refractivity contribution >= 4 is 0 Å². The summed E-state index contributed by atoms with van der Waals surface area (Å²) in [5.74, 6) is 0. The summed E-state index contributed by atoms with van der Waals surface area (Å²) in [5.41, 5.74) is 11.4. The van der Waals surface area contributed by atoms with E-state index in [9.17, 15) is 0 Å². The monoisotopic (exact) mass is 253 g/mol. The maximum atomic E-state index is 6.08. The highest BCUT2D eigenvalue weighted by atomic mass is 14.6. The fourth-order valence-electron chi connectivity index (χ4n) is 2.59. The molecule has 2 aromatic carbocycles. The van der Waals surface area contributed by atoms with E-state index in [4.69, 9.17) is 5.73 Å². The molecule has 0 heterocycles. The highest BCUT2D eigenvalue weighted by Gasteiger charge is 2.25. The second-order valence-corrected chi connectivity index (χ2v) is 5.80. The van der Waals surface area contributed by atoms with E-state index in [0.29, 0.717) is 6.54 Å². The Kier molecular flexibility index (Phi) is 4.06. The Hall–Kier alpha value is -1.60. The van der Waals surface area contributed by atoms with E-state index in [0.717, 1.165) is 6.42 Å². The maximum Gasteiger partial charge on any atom is 0.00877 e. The molecule has 2 aromatic rings. The van der Waals surface area contributed by atoms with Crippen molar-refractivity contribution in [3.8, 4) is 0 Å². The molecule has 0 radical (unpaired) electrons. The molecule has 2 N–H and O–H groups in total. The van der Waals surface area contributed by atoms with E-state index in [1.165, 1.54) is 22.3 Å². The average molecular weight is 253 g/mol. The minimum Gasteiger partial charge on any atom is -0.330 e. The Morgan fingerprint density at radius 2 is 1.58 bits per heavy atom. The van der Waals surface area contributed by atoms with Gasteiger partial charge in [0.25, 0.3) is 0 Å². The van der Waals surface area contributed by atoms with Gasteiger partial charge in [0, 0.05) is 12.0 Å². The fourth-order valence-corrected chi connectivity index (χ4v) is 2.59. The van der Waals surface area contributed by atoms with Crippen LogP contribution in [-0.4, -0.2) is 6.54 Å². The SMILES string of the molecule is Cc1cccc(CC(C)(CN)c2cccc(C)c2)c1. The Labute approximate surface area is 116 Å². The zero-order valence-corrected chi connectivity index (χ0v) is 12.1. The summed E-state index contributed by atoms with van der Waals surface area (Å²) in [6, 6.07) is 17.4. The smallest absolute Gasteiger partial charge is 0.00877 e. The lowest BCUT2D eigenvalue weighted by molar-refractivity contribution is 0.480. The first kappa shape index (κ1) is 13.8. The molecule has 0 fully saturated rings. The summed E-state index contributed by atoms with van der Waals surface area (Å²) in [6.07, 6.45) is 0.981. The van der Waals surface area contributed by atoms with E-state index >= 15 is 0 Å². The van der Waals surface area contributed by atoms with Crippen molar-refractivity contribution in [2.24, 2.45) is 5.73 Å². The van der Waals surface area contributed by atoms with Gasteiger partial charge >= 0.3 is 0 Å². The molecule has 0 spiro atoms. The van der Waals surface area contributed by atoms with Crippen LogP contribution in [0.2, 0.25) is 0 Å². The molecule has 0 aliphatic heterocycles. The number of hydrogen-bond donors (Lipinski definition) is 1. The van der Waals surface area contributed by atoms with Crippen LogP contribution in [0.1, 0.15) is 29.2 Å². The lowest BCUT2D eigenvalue weighted by Crippen LogP contribution is -2.34. The summed E-state index contributed by atoms with van der Waals surface area (Å²) in [5, 5.41) is 0. The standard InChI is InChI=1S/C18H23N/c1-14-6-4-8-16(10-14)12-18(3,13-19)17-9-5-7-15(2)11-17/h4-11H,12-13,19H2,1-3H3. The van der Waals surface area contributed by atoms with Crippen LogP contribution in [0.3, 0.4) is 0 Å². The predicted molar refractivity (Wildman–Crippen MR) is 82.5 cm³/mol. The van der Waals surface area contributed by atoms with Crippen LogP contribution >= 0.6 is 0 Å². The Morgan fingerprint density at radius 3 is 2.16 bits per heavy atom. The van der Waals surface area contributed by atoms with Crippen LogP contribution in [0.25, 0.3) is 0 Å². The first-order chi connectivity index (χ1) is 9.03. The lowest BCUT2D eigenvalue weighted by atomic mass is 9.77. The quantitative estimate of drug-likeness (QED) is 0.882. The molecule has 1 heteroatoms. The minimum atomic E-state index is -0.000185. The predicted octanol–water partition coefficient (Wildman–Crippen LogP) is 3.76. The van der Waals surface area contributed by atoms with Gasteiger partial charge in [-0.25, -0.2) is 0 Å². The van der Waals surface area contributed by atoms with Gasteiger partial charge in [-0.2, -0.15) is 0 Å². The third-order valence-electron chi connectivity index (χ3n) is 3.84. The molecule has 2 rings (SSSR count). The zero-order chi connectivity index (χ0) is 13.9. The van der Waals surface area contributed by atoms with Gasteiger partial charge < -0.3 is 5.73 Å². The summed E-state index contributed by atoms with van der Waals surface area (Å²) >= 11 is 0. The van der Waals surface area contributed by atoms with Gasteiger partial charge in [0.1, 0.15) is 0 Å². The average Bonchev–Trinajstić information content (AvgIpc) is 2.38. The first-order valence-electron chi connectivity index (χ1n) is 6.86. The number of aryl methyl sites for hydroxylation is 2. The Morgan fingerprint density at radius 1 is 0.947 bits per heavy atom. The van der Waals surface area contributed by atoms with Gasteiger partial charge in [-0.05, 0) is 31.4 Å². The number of nitrogens with two attached hydrogens (primary N) is 1. The Balaban J connectivity index is 2.32. The molecule has 0 aromatic heterocycles. The molecule has 1 atom stereocenters. The summed E-state index contributed by atoms with van der Waals surface area (Å²) in [4.78, 5) is 0. The van der Waals surface area contributed by atoms with E-state index in [1.807, 2.05) is 0 Å². The van der Waals surface area contributed by atoms with Crippen molar-refractivity contribution in [1.82, 2.24) is 0 Å². The molecular weight excluding hydrogens is 230 g/mol. The lowest BCUT2D eigenvalue weighted by Gasteiger charge is -2.29.